The Hall–Kier alpha value is -0.610. The van der Waals surface area contributed by atoms with Gasteiger partial charge in [-0.3, -0.25) is 4.79 Å². The Kier molecular flexibility index (Phi) is 5.40. The number of amides is 1. The Morgan fingerprint density at radius 2 is 2.00 bits per heavy atom. The minimum Gasteiger partial charge on any atom is -0.384 e. The summed E-state index contributed by atoms with van der Waals surface area (Å²) < 4.78 is 5.30. The molecule has 100 valence electrons. The quantitative estimate of drug-likeness (QED) is 0.789. The van der Waals surface area contributed by atoms with E-state index in [2.05, 4.69) is 19.2 Å². The van der Waals surface area contributed by atoms with Crippen LogP contribution in [0.4, 0.5) is 0 Å². The molecule has 0 spiro atoms. The van der Waals surface area contributed by atoms with Crippen LogP contribution in [-0.2, 0) is 9.53 Å². The zero-order valence-corrected chi connectivity index (χ0v) is 11.6. The molecular weight excluding hydrogens is 216 g/mol. The van der Waals surface area contributed by atoms with Crippen molar-refractivity contribution in [1.29, 1.82) is 0 Å². The molecule has 4 nitrogen and oxygen atoms in total. The Balaban J connectivity index is 2.85. The molecule has 0 bridgehead atoms. The average Bonchev–Trinajstić information content (AvgIpc) is 2.31. The predicted octanol–water partition coefficient (Wildman–Crippen LogP) is 1.26. The summed E-state index contributed by atoms with van der Waals surface area (Å²) in [4.78, 5) is 14.7. The molecule has 1 saturated heterocycles. The maximum absolute atomic E-state index is 12.7. The van der Waals surface area contributed by atoms with Gasteiger partial charge in [-0.2, -0.15) is 0 Å². The van der Waals surface area contributed by atoms with E-state index in [0.717, 1.165) is 32.5 Å². The second-order valence-electron chi connectivity index (χ2n) is 5.15. The van der Waals surface area contributed by atoms with Gasteiger partial charge in [0.2, 0.25) is 5.91 Å². The topological polar surface area (TPSA) is 41.6 Å². The van der Waals surface area contributed by atoms with E-state index in [1.807, 2.05) is 11.8 Å². The van der Waals surface area contributed by atoms with Crippen LogP contribution in [0.3, 0.4) is 0 Å². The number of nitrogens with zero attached hydrogens (tertiary/aromatic N) is 1. The number of rotatable bonds is 5. The van der Waals surface area contributed by atoms with Gasteiger partial charge in [0, 0.05) is 19.7 Å². The van der Waals surface area contributed by atoms with Gasteiger partial charge in [0.15, 0.2) is 0 Å². The fraction of sp³-hybridized carbons (Fsp3) is 0.923. The highest BCUT2D eigenvalue weighted by molar-refractivity contribution is 5.83. The smallest absolute Gasteiger partial charge is 0.231 e. The number of carbonyl (C=O) groups is 1. The van der Waals surface area contributed by atoms with Crippen LogP contribution in [0.1, 0.15) is 33.6 Å². The van der Waals surface area contributed by atoms with Gasteiger partial charge in [-0.1, -0.05) is 0 Å². The lowest BCUT2D eigenvalue weighted by Crippen LogP contribution is -2.53. The number of carbonyl (C=O) groups excluding carboxylic acids is 1. The molecule has 1 aliphatic rings. The van der Waals surface area contributed by atoms with E-state index < -0.39 is 0 Å². The summed E-state index contributed by atoms with van der Waals surface area (Å²) in [5, 5.41) is 3.31. The second kappa shape index (κ2) is 6.36. The van der Waals surface area contributed by atoms with Crippen molar-refractivity contribution in [3.63, 3.8) is 0 Å². The summed E-state index contributed by atoms with van der Waals surface area (Å²) in [6, 6.07) is 0.260. The highest BCUT2D eigenvalue weighted by Crippen LogP contribution is 2.32. The Morgan fingerprint density at radius 1 is 1.41 bits per heavy atom. The van der Waals surface area contributed by atoms with E-state index in [-0.39, 0.29) is 17.4 Å². The second-order valence-corrected chi connectivity index (χ2v) is 5.15. The number of ether oxygens (including phenoxy) is 1. The van der Waals surface area contributed by atoms with Crippen molar-refractivity contribution >= 4 is 5.91 Å². The zero-order chi connectivity index (χ0) is 12.9. The third kappa shape index (κ3) is 3.19. The first kappa shape index (κ1) is 14.5. The summed E-state index contributed by atoms with van der Waals surface area (Å²) in [5.74, 6) is 0.262. The van der Waals surface area contributed by atoms with Gasteiger partial charge in [0.05, 0.1) is 12.0 Å². The van der Waals surface area contributed by atoms with Gasteiger partial charge in [0.1, 0.15) is 0 Å². The minimum atomic E-state index is -0.305. The third-order valence-electron chi connectivity index (χ3n) is 3.66. The van der Waals surface area contributed by atoms with Crippen molar-refractivity contribution in [3.8, 4) is 0 Å². The molecule has 0 radical (unpaired) electrons. The predicted molar refractivity (Wildman–Crippen MR) is 68.9 cm³/mol. The van der Waals surface area contributed by atoms with E-state index in [4.69, 9.17) is 4.74 Å². The highest BCUT2D eigenvalue weighted by Gasteiger charge is 2.42. The van der Waals surface area contributed by atoms with Crippen LogP contribution in [0, 0.1) is 5.41 Å². The number of nitrogens with one attached hydrogen (secondary N) is 1. The van der Waals surface area contributed by atoms with Crippen molar-refractivity contribution in [2.24, 2.45) is 5.41 Å². The number of hydrogen-bond acceptors (Lipinski definition) is 3. The normalized spacial score (nSPS) is 19.4. The van der Waals surface area contributed by atoms with Gasteiger partial charge in [-0.15, -0.1) is 0 Å². The van der Waals surface area contributed by atoms with Crippen molar-refractivity contribution in [1.82, 2.24) is 10.2 Å². The van der Waals surface area contributed by atoms with Crippen molar-refractivity contribution in [2.75, 3.05) is 33.4 Å². The third-order valence-corrected chi connectivity index (χ3v) is 3.66. The molecule has 0 atom stereocenters. The first-order chi connectivity index (χ1) is 8.07. The first-order valence-corrected chi connectivity index (χ1v) is 6.58. The van der Waals surface area contributed by atoms with Crippen molar-refractivity contribution in [2.45, 2.75) is 39.7 Å². The van der Waals surface area contributed by atoms with E-state index in [1.54, 1.807) is 7.11 Å². The average molecular weight is 242 g/mol. The minimum absolute atomic E-state index is 0.260. The van der Waals surface area contributed by atoms with Crippen molar-refractivity contribution in [3.05, 3.63) is 0 Å². The molecule has 1 N–H and O–H groups in total. The van der Waals surface area contributed by atoms with Gasteiger partial charge >= 0.3 is 0 Å². The summed E-state index contributed by atoms with van der Waals surface area (Å²) in [5.41, 5.74) is -0.305. The van der Waals surface area contributed by atoms with Crippen LogP contribution >= 0.6 is 0 Å². The lowest BCUT2D eigenvalue weighted by atomic mass is 9.78. The zero-order valence-electron chi connectivity index (χ0n) is 11.6. The molecule has 0 aromatic heterocycles. The number of methoxy groups -OCH3 is 1. The van der Waals surface area contributed by atoms with Gasteiger partial charge in [0.25, 0.3) is 0 Å². The lowest BCUT2D eigenvalue weighted by molar-refractivity contribution is -0.149. The molecule has 1 fully saturated rings. The Morgan fingerprint density at radius 3 is 2.41 bits per heavy atom. The highest BCUT2D eigenvalue weighted by atomic mass is 16.5. The van der Waals surface area contributed by atoms with Crippen LogP contribution in [0.15, 0.2) is 0 Å². The summed E-state index contributed by atoms with van der Waals surface area (Å²) >= 11 is 0. The Bertz CT molecular complexity index is 242. The first-order valence-electron chi connectivity index (χ1n) is 6.58. The fourth-order valence-electron chi connectivity index (χ4n) is 2.65. The molecule has 1 aliphatic heterocycles. The van der Waals surface area contributed by atoms with E-state index >= 15 is 0 Å². The van der Waals surface area contributed by atoms with E-state index in [1.165, 1.54) is 0 Å². The fourth-order valence-corrected chi connectivity index (χ4v) is 2.65. The van der Waals surface area contributed by atoms with Crippen molar-refractivity contribution < 1.29 is 9.53 Å². The lowest BCUT2D eigenvalue weighted by Gasteiger charge is -2.40. The summed E-state index contributed by atoms with van der Waals surface area (Å²) in [6.07, 6.45) is 1.76. The van der Waals surface area contributed by atoms with Crippen LogP contribution in [0.5, 0.6) is 0 Å². The molecular formula is C13H26N2O2. The molecule has 0 aromatic rings. The molecule has 1 amide bonds. The molecule has 0 saturated carbocycles. The van der Waals surface area contributed by atoms with Crippen LogP contribution in [0.25, 0.3) is 0 Å². The standard InChI is InChI=1S/C13H26N2O2/c1-5-15(11(2)3)12(16)13(10-17-4)6-8-14-9-7-13/h11,14H,5-10H2,1-4H3. The SMILES string of the molecule is CCN(C(=O)C1(COC)CCNCC1)C(C)C. The number of piperidine rings is 1. The Labute approximate surface area is 105 Å². The molecule has 0 aliphatic carbocycles. The van der Waals surface area contributed by atoms with Crippen LogP contribution < -0.4 is 5.32 Å². The summed E-state index contributed by atoms with van der Waals surface area (Å²) in [6.45, 7) is 9.31. The monoisotopic (exact) mass is 242 g/mol. The van der Waals surface area contributed by atoms with E-state index in [9.17, 15) is 4.79 Å². The van der Waals surface area contributed by atoms with Crippen LogP contribution in [-0.4, -0.2) is 50.2 Å². The van der Waals surface area contributed by atoms with E-state index in [0.29, 0.717) is 6.61 Å². The van der Waals surface area contributed by atoms with Gasteiger partial charge < -0.3 is 15.0 Å². The van der Waals surface area contributed by atoms with Gasteiger partial charge in [-0.05, 0) is 46.7 Å². The molecule has 1 heterocycles. The molecule has 4 heteroatoms. The van der Waals surface area contributed by atoms with Gasteiger partial charge in [-0.25, -0.2) is 0 Å². The molecule has 1 rings (SSSR count). The number of hydrogen-bond donors (Lipinski definition) is 1. The largest absolute Gasteiger partial charge is 0.384 e. The molecule has 0 aromatic carbocycles. The summed E-state index contributed by atoms with van der Waals surface area (Å²) in [7, 11) is 1.68. The maximum atomic E-state index is 12.7. The van der Waals surface area contributed by atoms with Crippen LogP contribution in [0.2, 0.25) is 0 Å². The molecule has 17 heavy (non-hydrogen) atoms. The molecule has 0 unspecified atom stereocenters. The maximum Gasteiger partial charge on any atom is 0.231 e.